The van der Waals surface area contributed by atoms with Crippen molar-refractivity contribution < 1.29 is 9.59 Å². The number of hydrogen-bond acceptors (Lipinski definition) is 3. The molecule has 1 saturated heterocycles. The molecule has 2 atom stereocenters. The van der Waals surface area contributed by atoms with Crippen molar-refractivity contribution in [3.63, 3.8) is 0 Å². The molecule has 116 valence electrons. The zero-order valence-corrected chi connectivity index (χ0v) is 13.4. The van der Waals surface area contributed by atoms with E-state index in [-0.39, 0.29) is 29.8 Å². The van der Waals surface area contributed by atoms with E-state index in [2.05, 4.69) is 24.1 Å². The molecule has 20 heavy (non-hydrogen) atoms. The lowest BCUT2D eigenvalue weighted by Crippen LogP contribution is -2.53. The van der Waals surface area contributed by atoms with Crippen LogP contribution in [0.1, 0.15) is 66.2 Å². The van der Waals surface area contributed by atoms with Gasteiger partial charge in [0.25, 0.3) is 0 Å². The second kappa shape index (κ2) is 8.40. The lowest BCUT2D eigenvalue weighted by molar-refractivity contribution is -0.129. The van der Waals surface area contributed by atoms with Gasteiger partial charge in [-0.2, -0.15) is 0 Å². The lowest BCUT2D eigenvalue weighted by Gasteiger charge is -2.39. The van der Waals surface area contributed by atoms with Crippen LogP contribution in [0.25, 0.3) is 0 Å². The lowest BCUT2D eigenvalue weighted by atomic mass is 9.96. The summed E-state index contributed by atoms with van der Waals surface area (Å²) in [6.45, 7) is 8.73. The molecule has 0 spiro atoms. The Hall–Kier alpha value is -0.900. The molecule has 0 aromatic carbocycles. The molecule has 1 rings (SSSR count). The van der Waals surface area contributed by atoms with E-state index in [1.165, 1.54) is 0 Å². The molecule has 1 N–H and O–H groups in total. The standard InChI is InChI=1S/C16H30N2O2/c1-5-14(6-2)17-16(20)13(4)18-10-8-7-9-15(18)11-12(3)19/h13-15H,5-11H2,1-4H3,(H,17,20). The monoisotopic (exact) mass is 282 g/mol. The number of nitrogens with one attached hydrogen (secondary N) is 1. The van der Waals surface area contributed by atoms with E-state index in [1.807, 2.05) is 6.92 Å². The molecule has 0 bridgehead atoms. The number of piperidine rings is 1. The zero-order valence-electron chi connectivity index (χ0n) is 13.4. The summed E-state index contributed by atoms with van der Waals surface area (Å²) in [5.41, 5.74) is 0. The topological polar surface area (TPSA) is 49.4 Å². The normalized spacial score (nSPS) is 21.8. The van der Waals surface area contributed by atoms with Crippen LogP contribution in [0.5, 0.6) is 0 Å². The van der Waals surface area contributed by atoms with Crippen LogP contribution in [0, 0.1) is 0 Å². The summed E-state index contributed by atoms with van der Waals surface area (Å²) in [6, 6.07) is 0.366. The smallest absolute Gasteiger partial charge is 0.237 e. The molecular formula is C16H30N2O2. The van der Waals surface area contributed by atoms with Gasteiger partial charge in [-0.05, 0) is 46.1 Å². The van der Waals surface area contributed by atoms with Crippen LogP contribution in [-0.4, -0.2) is 41.3 Å². The molecule has 4 heteroatoms. The van der Waals surface area contributed by atoms with E-state index in [9.17, 15) is 9.59 Å². The van der Waals surface area contributed by atoms with Crippen LogP contribution in [0.15, 0.2) is 0 Å². The van der Waals surface area contributed by atoms with Gasteiger partial charge in [-0.15, -0.1) is 0 Å². The van der Waals surface area contributed by atoms with Crippen LogP contribution in [0.4, 0.5) is 0 Å². The number of carbonyl (C=O) groups excluding carboxylic acids is 2. The highest BCUT2D eigenvalue weighted by Gasteiger charge is 2.31. The van der Waals surface area contributed by atoms with Crippen molar-refractivity contribution in [2.45, 2.75) is 84.3 Å². The minimum atomic E-state index is -0.139. The number of nitrogens with zero attached hydrogens (tertiary/aromatic N) is 1. The van der Waals surface area contributed by atoms with E-state index >= 15 is 0 Å². The predicted molar refractivity (Wildman–Crippen MR) is 81.6 cm³/mol. The third-order valence-electron chi connectivity index (χ3n) is 4.40. The van der Waals surface area contributed by atoms with Crippen LogP contribution in [-0.2, 0) is 9.59 Å². The Morgan fingerprint density at radius 1 is 1.25 bits per heavy atom. The average molecular weight is 282 g/mol. The van der Waals surface area contributed by atoms with Crippen molar-refractivity contribution in [2.75, 3.05) is 6.54 Å². The summed E-state index contributed by atoms with van der Waals surface area (Å²) in [4.78, 5) is 26.0. The molecule has 0 radical (unpaired) electrons. The number of Topliss-reactive ketones (excluding diaryl/α,β-unsaturated/α-hetero) is 1. The van der Waals surface area contributed by atoms with Gasteiger partial charge in [0.2, 0.25) is 5.91 Å². The summed E-state index contributed by atoms with van der Waals surface area (Å²) >= 11 is 0. The summed E-state index contributed by atoms with van der Waals surface area (Å²) in [5, 5.41) is 3.12. The van der Waals surface area contributed by atoms with Gasteiger partial charge in [0.15, 0.2) is 0 Å². The molecule has 1 heterocycles. The fourth-order valence-electron chi connectivity index (χ4n) is 3.05. The Labute approximate surface area is 123 Å². The molecule has 0 aliphatic carbocycles. The average Bonchev–Trinajstić information content (AvgIpc) is 2.43. The second-order valence-corrected chi connectivity index (χ2v) is 5.99. The zero-order chi connectivity index (χ0) is 15.1. The van der Waals surface area contributed by atoms with Crippen molar-refractivity contribution in [3.05, 3.63) is 0 Å². The maximum atomic E-state index is 12.4. The first-order chi connectivity index (χ1) is 9.49. The minimum Gasteiger partial charge on any atom is -0.352 e. The fraction of sp³-hybridized carbons (Fsp3) is 0.875. The van der Waals surface area contributed by atoms with Gasteiger partial charge >= 0.3 is 0 Å². The third-order valence-corrected chi connectivity index (χ3v) is 4.40. The van der Waals surface area contributed by atoms with Crippen molar-refractivity contribution in [2.24, 2.45) is 0 Å². The molecule has 1 fully saturated rings. The molecule has 0 saturated carbocycles. The largest absolute Gasteiger partial charge is 0.352 e. The molecule has 1 aliphatic heterocycles. The molecule has 0 aromatic heterocycles. The number of carbonyl (C=O) groups is 2. The quantitative estimate of drug-likeness (QED) is 0.780. The highest BCUT2D eigenvalue weighted by atomic mass is 16.2. The first-order valence-electron chi connectivity index (χ1n) is 8.05. The number of likely N-dealkylation sites (tertiary alicyclic amines) is 1. The van der Waals surface area contributed by atoms with Crippen molar-refractivity contribution in [1.82, 2.24) is 10.2 Å². The van der Waals surface area contributed by atoms with Crippen molar-refractivity contribution in [3.8, 4) is 0 Å². The SMILES string of the molecule is CCC(CC)NC(=O)C(C)N1CCCCC1CC(C)=O. The molecule has 2 unspecified atom stereocenters. The molecule has 1 amide bonds. The van der Waals surface area contributed by atoms with Crippen LogP contribution >= 0.6 is 0 Å². The third kappa shape index (κ3) is 4.89. The predicted octanol–water partition coefficient (Wildman–Crippen LogP) is 2.51. The highest BCUT2D eigenvalue weighted by Crippen LogP contribution is 2.22. The number of amides is 1. The van der Waals surface area contributed by atoms with E-state index < -0.39 is 0 Å². The molecular weight excluding hydrogens is 252 g/mol. The summed E-state index contributed by atoms with van der Waals surface area (Å²) < 4.78 is 0. The van der Waals surface area contributed by atoms with Gasteiger partial charge in [-0.3, -0.25) is 14.5 Å². The van der Waals surface area contributed by atoms with Crippen LogP contribution in [0.2, 0.25) is 0 Å². The maximum absolute atomic E-state index is 12.4. The number of ketones is 1. The highest BCUT2D eigenvalue weighted by molar-refractivity contribution is 5.82. The van der Waals surface area contributed by atoms with Gasteiger partial charge in [0, 0.05) is 18.5 Å². The van der Waals surface area contributed by atoms with Gasteiger partial charge in [0.1, 0.15) is 5.78 Å². The van der Waals surface area contributed by atoms with Crippen LogP contribution in [0.3, 0.4) is 0 Å². The number of hydrogen-bond donors (Lipinski definition) is 1. The second-order valence-electron chi connectivity index (χ2n) is 5.99. The maximum Gasteiger partial charge on any atom is 0.237 e. The molecule has 4 nitrogen and oxygen atoms in total. The van der Waals surface area contributed by atoms with E-state index in [0.29, 0.717) is 6.42 Å². The Bertz CT molecular complexity index is 326. The van der Waals surface area contributed by atoms with E-state index in [1.54, 1.807) is 6.92 Å². The van der Waals surface area contributed by atoms with Gasteiger partial charge < -0.3 is 5.32 Å². The van der Waals surface area contributed by atoms with Gasteiger partial charge in [-0.25, -0.2) is 0 Å². The minimum absolute atomic E-state index is 0.106. The Morgan fingerprint density at radius 2 is 1.90 bits per heavy atom. The van der Waals surface area contributed by atoms with Crippen LogP contribution < -0.4 is 5.32 Å². The Morgan fingerprint density at radius 3 is 2.45 bits per heavy atom. The Balaban J connectivity index is 2.63. The van der Waals surface area contributed by atoms with E-state index in [0.717, 1.165) is 38.6 Å². The Kier molecular flexibility index (Phi) is 7.20. The summed E-state index contributed by atoms with van der Waals surface area (Å²) in [6.07, 6.45) is 5.81. The van der Waals surface area contributed by atoms with Crippen molar-refractivity contribution >= 4 is 11.7 Å². The van der Waals surface area contributed by atoms with Gasteiger partial charge in [-0.1, -0.05) is 20.3 Å². The fourth-order valence-corrected chi connectivity index (χ4v) is 3.05. The van der Waals surface area contributed by atoms with Crippen molar-refractivity contribution in [1.29, 1.82) is 0 Å². The summed E-state index contributed by atoms with van der Waals surface area (Å²) in [7, 11) is 0. The summed E-state index contributed by atoms with van der Waals surface area (Å²) in [5.74, 6) is 0.323. The van der Waals surface area contributed by atoms with E-state index in [4.69, 9.17) is 0 Å². The molecule has 0 aromatic rings. The number of rotatable bonds is 7. The molecule has 1 aliphatic rings. The first kappa shape index (κ1) is 17.2. The van der Waals surface area contributed by atoms with Gasteiger partial charge in [0.05, 0.1) is 6.04 Å². The first-order valence-corrected chi connectivity index (χ1v) is 8.05.